The molecule has 0 bridgehead atoms. The lowest BCUT2D eigenvalue weighted by Gasteiger charge is -2.08. The lowest BCUT2D eigenvalue weighted by Crippen LogP contribution is -2.38. The van der Waals surface area contributed by atoms with Crippen molar-refractivity contribution < 1.29 is 9.59 Å². The molecule has 110 valence electrons. The maximum atomic E-state index is 11.7. The topological polar surface area (TPSA) is 58.2 Å². The second kappa shape index (κ2) is 8.59. The molecule has 2 N–H and O–H groups in total. The molecule has 0 heterocycles. The highest BCUT2D eigenvalue weighted by Gasteiger charge is 2.06. The fraction of sp³-hybridized carbons (Fsp3) is 0.467. The number of hydrogen-bond donors (Lipinski definition) is 2. The Balaban J connectivity index is 2.22. The number of rotatable bonds is 7. The summed E-state index contributed by atoms with van der Waals surface area (Å²) in [4.78, 5) is 23.1. The van der Waals surface area contributed by atoms with E-state index in [0.717, 1.165) is 12.0 Å². The first-order chi connectivity index (χ1) is 9.47. The zero-order chi connectivity index (χ0) is 15.0. The summed E-state index contributed by atoms with van der Waals surface area (Å²) in [6, 6.07) is 7.07. The molecule has 0 unspecified atom stereocenters. The van der Waals surface area contributed by atoms with E-state index < -0.39 is 0 Å². The third kappa shape index (κ3) is 7.14. The van der Waals surface area contributed by atoms with Crippen LogP contribution in [0.5, 0.6) is 0 Å². The Morgan fingerprint density at radius 1 is 1.10 bits per heavy atom. The number of halogens is 1. The van der Waals surface area contributed by atoms with Crippen LogP contribution in [0.15, 0.2) is 24.3 Å². The molecule has 0 aliphatic rings. The first-order valence-electron chi connectivity index (χ1n) is 6.75. The molecular formula is C15H21ClN2O2. The van der Waals surface area contributed by atoms with Crippen molar-refractivity contribution in [1.82, 2.24) is 10.6 Å². The van der Waals surface area contributed by atoms with Crippen LogP contribution in [0.1, 0.15) is 25.8 Å². The van der Waals surface area contributed by atoms with Gasteiger partial charge in [-0.1, -0.05) is 37.6 Å². The van der Waals surface area contributed by atoms with Gasteiger partial charge in [-0.25, -0.2) is 0 Å². The highest BCUT2D eigenvalue weighted by Crippen LogP contribution is 2.09. The van der Waals surface area contributed by atoms with Crippen LogP contribution in [0, 0.1) is 5.92 Å². The summed E-state index contributed by atoms with van der Waals surface area (Å²) in [6.45, 7) is 4.86. The minimum absolute atomic E-state index is 0.0184. The third-order valence-corrected chi connectivity index (χ3v) is 3.02. The Morgan fingerprint density at radius 3 is 2.35 bits per heavy atom. The van der Waals surface area contributed by atoms with Crippen molar-refractivity contribution in [2.24, 2.45) is 5.92 Å². The van der Waals surface area contributed by atoms with Gasteiger partial charge in [-0.2, -0.15) is 0 Å². The van der Waals surface area contributed by atoms with Gasteiger partial charge in [0.2, 0.25) is 11.8 Å². The predicted octanol–water partition coefficient (Wildman–Crippen LogP) is 2.16. The summed E-state index contributed by atoms with van der Waals surface area (Å²) < 4.78 is 0. The van der Waals surface area contributed by atoms with Gasteiger partial charge in [0, 0.05) is 11.6 Å². The normalized spacial score (nSPS) is 10.4. The molecule has 0 aliphatic carbocycles. The number of carbonyl (C=O) groups excluding carboxylic acids is 2. The summed E-state index contributed by atoms with van der Waals surface area (Å²) >= 11 is 5.77. The van der Waals surface area contributed by atoms with E-state index in [0.29, 0.717) is 17.5 Å². The first kappa shape index (κ1) is 16.5. The van der Waals surface area contributed by atoms with Crippen LogP contribution in [0.2, 0.25) is 5.02 Å². The molecule has 1 aromatic carbocycles. The standard InChI is InChI=1S/C15H21ClN2O2/c1-11(2)7-8-17-15(20)10-18-14(19)9-12-3-5-13(16)6-4-12/h3-6,11H,7-10H2,1-2H3,(H,17,20)(H,18,19). The van der Waals surface area contributed by atoms with E-state index in [1.807, 2.05) is 0 Å². The van der Waals surface area contributed by atoms with Crippen LogP contribution in [0.4, 0.5) is 0 Å². The quantitative estimate of drug-likeness (QED) is 0.810. The minimum atomic E-state index is -0.175. The van der Waals surface area contributed by atoms with Crippen molar-refractivity contribution in [3.63, 3.8) is 0 Å². The van der Waals surface area contributed by atoms with Crippen molar-refractivity contribution in [2.45, 2.75) is 26.7 Å². The zero-order valence-electron chi connectivity index (χ0n) is 11.9. The van der Waals surface area contributed by atoms with E-state index >= 15 is 0 Å². The fourth-order valence-corrected chi connectivity index (χ4v) is 1.72. The van der Waals surface area contributed by atoms with Gasteiger partial charge in [-0.3, -0.25) is 9.59 Å². The van der Waals surface area contributed by atoms with Crippen LogP contribution in [-0.4, -0.2) is 24.9 Å². The van der Waals surface area contributed by atoms with E-state index in [1.54, 1.807) is 24.3 Å². The Morgan fingerprint density at radius 2 is 1.75 bits per heavy atom. The average Bonchev–Trinajstić information content (AvgIpc) is 2.39. The fourth-order valence-electron chi connectivity index (χ4n) is 1.59. The summed E-state index contributed by atoms with van der Waals surface area (Å²) in [5.41, 5.74) is 0.868. The van der Waals surface area contributed by atoms with Crippen LogP contribution >= 0.6 is 11.6 Å². The van der Waals surface area contributed by atoms with Crippen molar-refractivity contribution in [3.8, 4) is 0 Å². The molecular weight excluding hydrogens is 276 g/mol. The molecule has 0 spiro atoms. The molecule has 0 aromatic heterocycles. The Bertz CT molecular complexity index is 444. The van der Waals surface area contributed by atoms with Gasteiger partial charge in [0.25, 0.3) is 0 Å². The number of carbonyl (C=O) groups is 2. The molecule has 2 amide bonds. The smallest absolute Gasteiger partial charge is 0.239 e. The van der Waals surface area contributed by atoms with Gasteiger partial charge in [-0.15, -0.1) is 0 Å². The van der Waals surface area contributed by atoms with Gasteiger partial charge < -0.3 is 10.6 Å². The highest BCUT2D eigenvalue weighted by molar-refractivity contribution is 6.30. The van der Waals surface area contributed by atoms with E-state index in [2.05, 4.69) is 24.5 Å². The van der Waals surface area contributed by atoms with Crippen LogP contribution < -0.4 is 10.6 Å². The molecule has 4 nitrogen and oxygen atoms in total. The van der Waals surface area contributed by atoms with Crippen molar-refractivity contribution in [3.05, 3.63) is 34.9 Å². The van der Waals surface area contributed by atoms with Crippen LogP contribution in [0.3, 0.4) is 0 Å². The third-order valence-electron chi connectivity index (χ3n) is 2.77. The molecule has 5 heteroatoms. The molecule has 20 heavy (non-hydrogen) atoms. The molecule has 0 atom stereocenters. The van der Waals surface area contributed by atoms with E-state index in [4.69, 9.17) is 11.6 Å². The summed E-state index contributed by atoms with van der Waals surface area (Å²) in [5.74, 6) is 0.219. The van der Waals surface area contributed by atoms with Gasteiger partial charge in [-0.05, 0) is 30.0 Å². The van der Waals surface area contributed by atoms with Gasteiger partial charge in [0.1, 0.15) is 0 Å². The van der Waals surface area contributed by atoms with Crippen LogP contribution in [0.25, 0.3) is 0 Å². The molecule has 0 saturated heterocycles. The lowest BCUT2D eigenvalue weighted by atomic mass is 10.1. The molecule has 0 aliphatic heterocycles. The largest absolute Gasteiger partial charge is 0.355 e. The average molecular weight is 297 g/mol. The number of hydrogen-bond acceptors (Lipinski definition) is 2. The summed E-state index contributed by atoms with van der Waals surface area (Å²) in [7, 11) is 0. The zero-order valence-corrected chi connectivity index (χ0v) is 12.7. The summed E-state index contributed by atoms with van der Waals surface area (Å²) in [6.07, 6.45) is 1.18. The second-order valence-corrected chi connectivity index (χ2v) is 5.55. The van der Waals surface area contributed by atoms with Crippen molar-refractivity contribution in [2.75, 3.05) is 13.1 Å². The molecule has 0 fully saturated rings. The Hall–Kier alpha value is -1.55. The minimum Gasteiger partial charge on any atom is -0.355 e. The molecule has 0 radical (unpaired) electrons. The van der Waals surface area contributed by atoms with E-state index in [-0.39, 0.29) is 24.8 Å². The first-order valence-corrected chi connectivity index (χ1v) is 7.13. The maximum absolute atomic E-state index is 11.7. The predicted molar refractivity (Wildman–Crippen MR) is 80.6 cm³/mol. The molecule has 1 aromatic rings. The van der Waals surface area contributed by atoms with Gasteiger partial charge in [0.05, 0.1) is 13.0 Å². The monoisotopic (exact) mass is 296 g/mol. The maximum Gasteiger partial charge on any atom is 0.239 e. The SMILES string of the molecule is CC(C)CCNC(=O)CNC(=O)Cc1ccc(Cl)cc1. The summed E-state index contributed by atoms with van der Waals surface area (Å²) in [5, 5.41) is 6.01. The van der Waals surface area contributed by atoms with Gasteiger partial charge in [0.15, 0.2) is 0 Å². The number of nitrogens with one attached hydrogen (secondary N) is 2. The lowest BCUT2D eigenvalue weighted by molar-refractivity contribution is -0.125. The van der Waals surface area contributed by atoms with Crippen molar-refractivity contribution in [1.29, 1.82) is 0 Å². The number of amides is 2. The van der Waals surface area contributed by atoms with Crippen molar-refractivity contribution >= 4 is 23.4 Å². The van der Waals surface area contributed by atoms with E-state index in [1.165, 1.54) is 0 Å². The second-order valence-electron chi connectivity index (χ2n) is 5.11. The number of benzene rings is 1. The van der Waals surface area contributed by atoms with Gasteiger partial charge >= 0.3 is 0 Å². The van der Waals surface area contributed by atoms with E-state index in [9.17, 15) is 9.59 Å². The highest BCUT2D eigenvalue weighted by atomic mass is 35.5. The molecule has 1 rings (SSSR count). The molecule has 0 saturated carbocycles. The van der Waals surface area contributed by atoms with Crippen LogP contribution in [-0.2, 0) is 16.0 Å². The Labute approximate surface area is 124 Å². The Kier molecular flexibility index (Phi) is 7.09.